The van der Waals surface area contributed by atoms with Crippen LogP contribution in [0.25, 0.3) is 22.7 Å². The van der Waals surface area contributed by atoms with Gasteiger partial charge in [-0.25, -0.2) is 14.5 Å². The summed E-state index contributed by atoms with van der Waals surface area (Å²) >= 11 is 0. The van der Waals surface area contributed by atoms with Crippen molar-refractivity contribution in [1.82, 2.24) is 29.0 Å². The van der Waals surface area contributed by atoms with Crippen molar-refractivity contribution in [1.29, 1.82) is 0 Å². The quantitative estimate of drug-likeness (QED) is 0.540. The number of carbonyl (C=O) groups is 1. The van der Waals surface area contributed by atoms with E-state index in [1.54, 1.807) is 23.1 Å². The minimum atomic E-state index is 0.105. The van der Waals surface area contributed by atoms with Gasteiger partial charge in [0.15, 0.2) is 5.65 Å². The number of carbonyl (C=O) groups excluding carboxylic acids is 1. The summed E-state index contributed by atoms with van der Waals surface area (Å²) in [6, 6.07) is 9.60. The van der Waals surface area contributed by atoms with Gasteiger partial charge in [0.25, 0.3) is 5.91 Å². The summed E-state index contributed by atoms with van der Waals surface area (Å²) in [5.74, 6) is 0.853. The summed E-state index contributed by atoms with van der Waals surface area (Å²) in [5, 5.41) is 4.37. The molecule has 1 aliphatic heterocycles. The van der Waals surface area contributed by atoms with Crippen LogP contribution in [0.15, 0.2) is 61.3 Å². The third-order valence-corrected chi connectivity index (χ3v) is 5.43. The Morgan fingerprint density at radius 3 is 2.66 bits per heavy atom. The van der Waals surface area contributed by atoms with E-state index < -0.39 is 0 Å². The Kier molecular flexibility index (Phi) is 4.56. The summed E-state index contributed by atoms with van der Waals surface area (Å²) in [6.07, 6.45) is 13.6. The minimum Gasteiger partial charge on any atom is -0.339 e. The minimum absolute atomic E-state index is 0.105. The second-order valence-electron chi connectivity index (χ2n) is 7.32. The Morgan fingerprint density at radius 1 is 0.931 bits per heavy atom. The summed E-state index contributed by atoms with van der Waals surface area (Å²) in [5.41, 5.74) is 3.20. The van der Waals surface area contributed by atoms with Crippen molar-refractivity contribution in [3.63, 3.8) is 0 Å². The first-order chi connectivity index (χ1) is 14.3. The van der Waals surface area contributed by atoms with Gasteiger partial charge in [-0.1, -0.05) is 18.9 Å². The van der Waals surface area contributed by atoms with Gasteiger partial charge in [-0.05, 0) is 37.1 Å². The first-order valence-corrected chi connectivity index (χ1v) is 10.0. The fourth-order valence-electron chi connectivity index (χ4n) is 3.94. The zero-order valence-corrected chi connectivity index (χ0v) is 16.1. The molecule has 0 unspecified atom stereocenters. The molecule has 5 rings (SSSR count). The predicted octanol–water partition coefficient (Wildman–Crippen LogP) is 3.60. The van der Waals surface area contributed by atoms with Crippen molar-refractivity contribution in [3.05, 3.63) is 66.9 Å². The number of likely N-dealkylation sites (tertiary alicyclic amines) is 1. The van der Waals surface area contributed by atoms with E-state index in [9.17, 15) is 4.79 Å². The van der Waals surface area contributed by atoms with Crippen LogP contribution in [-0.2, 0) is 0 Å². The van der Waals surface area contributed by atoms with Crippen molar-refractivity contribution in [2.45, 2.75) is 25.7 Å². The van der Waals surface area contributed by atoms with Crippen molar-refractivity contribution < 1.29 is 4.79 Å². The zero-order valence-electron chi connectivity index (χ0n) is 16.1. The van der Waals surface area contributed by atoms with Gasteiger partial charge in [0.05, 0.1) is 11.8 Å². The Morgan fingerprint density at radius 2 is 1.79 bits per heavy atom. The molecule has 0 bridgehead atoms. The molecular formula is C22H22N6O. The van der Waals surface area contributed by atoms with E-state index in [0.717, 1.165) is 48.7 Å². The summed E-state index contributed by atoms with van der Waals surface area (Å²) < 4.78 is 3.71. The topological polar surface area (TPSA) is 68.3 Å². The Hall–Kier alpha value is -3.48. The smallest absolute Gasteiger partial charge is 0.253 e. The largest absolute Gasteiger partial charge is 0.339 e. The Balaban J connectivity index is 1.51. The molecule has 1 amide bonds. The van der Waals surface area contributed by atoms with E-state index >= 15 is 0 Å². The van der Waals surface area contributed by atoms with Crippen LogP contribution in [-0.4, -0.2) is 48.0 Å². The predicted molar refractivity (Wildman–Crippen MR) is 110 cm³/mol. The number of fused-ring (bicyclic) bond motifs is 1. The van der Waals surface area contributed by atoms with E-state index in [1.807, 2.05) is 52.2 Å². The van der Waals surface area contributed by atoms with Crippen LogP contribution in [0.1, 0.15) is 36.0 Å². The van der Waals surface area contributed by atoms with Crippen LogP contribution in [0.3, 0.4) is 0 Å². The monoisotopic (exact) mass is 386 g/mol. The van der Waals surface area contributed by atoms with Crippen molar-refractivity contribution >= 4 is 11.6 Å². The molecule has 0 atom stereocenters. The van der Waals surface area contributed by atoms with Crippen molar-refractivity contribution in [2.24, 2.45) is 0 Å². The number of amides is 1. The lowest BCUT2D eigenvalue weighted by molar-refractivity contribution is 0.0761. The van der Waals surface area contributed by atoms with Crippen LogP contribution in [0.4, 0.5) is 0 Å². The van der Waals surface area contributed by atoms with Gasteiger partial charge in [-0.2, -0.15) is 5.10 Å². The van der Waals surface area contributed by atoms with E-state index in [2.05, 4.69) is 15.1 Å². The molecule has 3 aromatic heterocycles. The van der Waals surface area contributed by atoms with Gasteiger partial charge in [0, 0.05) is 49.1 Å². The SMILES string of the molecule is O=C(c1cccc(-n2ccnc2-c2cnn3cccnc23)c1)N1CCCCCC1. The second kappa shape index (κ2) is 7.50. The van der Waals surface area contributed by atoms with Crippen LogP contribution in [0.2, 0.25) is 0 Å². The number of benzene rings is 1. The van der Waals surface area contributed by atoms with Gasteiger partial charge in [-0.15, -0.1) is 0 Å². The normalized spacial score (nSPS) is 14.8. The second-order valence-corrected chi connectivity index (χ2v) is 7.32. The molecule has 29 heavy (non-hydrogen) atoms. The van der Waals surface area contributed by atoms with E-state index in [1.165, 1.54) is 12.8 Å². The number of hydrogen-bond donors (Lipinski definition) is 0. The van der Waals surface area contributed by atoms with E-state index in [4.69, 9.17) is 0 Å². The number of aromatic nitrogens is 5. The lowest BCUT2D eigenvalue weighted by Gasteiger charge is -2.20. The molecule has 4 aromatic rings. The molecule has 1 aliphatic rings. The molecule has 0 N–H and O–H groups in total. The molecule has 1 saturated heterocycles. The molecule has 0 saturated carbocycles. The van der Waals surface area contributed by atoms with E-state index in [-0.39, 0.29) is 5.91 Å². The Labute approximate surface area is 168 Å². The van der Waals surface area contributed by atoms with Crippen LogP contribution >= 0.6 is 0 Å². The van der Waals surface area contributed by atoms with Gasteiger partial charge in [-0.3, -0.25) is 9.36 Å². The number of rotatable bonds is 3. The maximum atomic E-state index is 13.0. The summed E-state index contributed by atoms with van der Waals surface area (Å²) in [7, 11) is 0. The lowest BCUT2D eigenvalue weighted by Crippen LogP contribution is -2.31. The third-order valence-electron chi connectivity index (χ3n) is 5.43. The molecule has 7 nitrogen and oxygen atoms in total. The molecule has 146 valence electrons. The van der Waals surface area contributed by atoms with Crippen molar-refractivity contribution in [3.8, 4) is 17.1 Å². The number of imidazole rings is 1. The van der Waals surface area contributed by atoms with Crippen LogP contribution < -0.4 is 0 Å². The van der Waals surface area contributed by atoms with Gasteiger partial charge in [0.1, 0.15) is 5.82 Å². The maximum Gasteiger partial charge on any atom is 0.253 e. The summed E-state index contributed by atoms with van der Waals surface area (Å²) in [4.78, 5) is 24.0. The molecule has 4 heterocycles. The fraction of sp³-hybridized carbons (Fsp3) is 0.273. The lowest BCUT2D eigenvalue weighted by atomic mass is 10.1. The van der Waals surface area contributed by atoms with Crippen LogP contribution in [0.5, 0.6) is 0 Å². The highest BCUT2D eigenvalue weighted by molar-refractivity contribution is 5.94. The standard InChI is InChI=1S/C22H22N6O/c29-22(26-11-3-1-2-4-12-26)17-7-5-8-18(15-17)27-14-10-24-20(27)19-16-25-28-13-6-9-23-21(19)28/h5-10,13-16H,1-4,11-12H2. The highest BCUT2D eigenvalue weighted by atomic mass is 16.2. The van der Waals surface area contributed by atoms with E-state index in [0.29, 0.717) is 5.56 Å². The maximum absolute atomic E-state index is 13.0. The molecule has 0 aliphatic carbocycles. The molecule has 0 radical (unpaired) electrons. The number of hydrogen-bond acceptors (Lipinski definition) is 4. The van der Waals surface area contributed by atoms with Gasteiger partial charge >= 0.3 is 0 Å². The number of nitrogens with zero attached hydrogens (tertiary/aromatic N) is 6. The summed E-state index contributed by atoms with van der Waals surface area (Å²) in [6.45, 7) is 1.68. The first kappa shape index (κ1) is 17.6. The highest BCUT2D eigenvalue weighted by Gasteiger charge is 2.19. The highest BCUT2D eigenvalue weighted by Crippen LogP contribution is 2.25. The molecule has 7 heteroatoms. The molecular weight excluding hydrogens is 364 g/mol. The Bertz CT molecular complexity index is 1150. The fourth-order valence-corrected chi connectivity index (χ4v) is 3.94. The van der Waals surface area contributed by atoms with Gasteiger partial charge < -0.3 is 4.90 Å². The molecule has 0 spiro atoms. The zero-order chi connectivity index (χ0) is 19.6. The first-order valence-electron chi connectivity index (χ1n) is 10.0. The molecule has 1 fully saturated rings. The van der Waals surface area contributed by atoms with Gasteiger partial charge in [0.2, 0.25) is 0 Å². The average Bonchev–Trinajstić information content (AvgIpc) is 3.32. The molecule has 1 aromatic carbocycles. The van der Waals surface area contributed by atoms with Crippen LogP contribution in [0, 0.1) is 0 Å². The third kappa shape index (κ3) is 3.29. The average molecular weight is 386 g/mol. The van der Waals surface area contributed by atoms with Crippen molar-refractivity contribution in [2.75, 3.05) is 13.1 Å².